The van der Waals surface area contributed by atoms with Gasteiger partial charge in [0.1, 0.15) is 11.9 Å². The van der Waals surface area contributed by atoms with Gasteiger partial charge < -0.3 is 10.6 Å². The zero-order valence-corrected chi connectivity index (χ0v) is 11.7. The van der Waals surface area contributed by atoms with Crippen molar-refractivity contribution in [3.8, 4) is 6.07 Å². The van der Waals surface area contributed by atoms with E-state index in [0.717, 1.165) is 0 Å². The Labute approximate surface area is 126 Å². The first kappa shape index (κ1) is 14.7. The molecule has 0 bridgehead atoms. The van der Waals surface area contributed by atoms with Crippen molar-refractivity contribution in [1.29, 1.82) is 5.26 Å². The van der Waals surface area contributed by atoms with Gasteiger partial charge in [-0.25, -0.2) is 14.4 Å². The predicted octanol–water partition coefficient (Wildman–Crippen LogP) is 1.41. The molecule has 2 N–H and O–H groups in total. The van der Waals surface area contributed by atoms with Crippen LogP contribution in [0.15, 0.2) is 30.7 Å². The number of nitrogens with one attached hydrogen (secondary N) is 2. The van der Waals surface area contributed by atoms with E-state index in [2.05, 4.69) is 25.6 Å². The first-order chi connectivity index (χ1) is 10.2. The van der Waals surface area contributed by atoms with E-state index in [4.69, 9.17) is 17.5 Å². The monoisotopic (exact) mass is 302 g/mol. The Hall–Kier alpha value is -2.66. The van der Waals surface area contributed by atoms with E-state index in [1.807, 2.05) is 6.07 Å². The molecule has 0 aliphatic rings. The topological polar surface area (TPSA) is 86.5 Å². The van der Waals surface area contributed by atoms with E-state index in [9.17, 15) is 4.39 Å². The van der Waals surface area contributed by atoms with E-state index in [0.29, 0.717) is 18.7 Å². The van der Waals surface area contributed by atoms with Crippen molar-refractivity contribution in [2.45, 2.75) is 6.42 Å². The second-order valence-corrected chi connectivity index (χ2v) is 4.34. The van der Waals surface area contributed by atoms with Gasteiger partial charge in [0.2, 0.25) is 0 Å². The maximum Gasteiger partial charge on any atom is 0.183 e. The van der Waals surface area contributed by atoms with Crippen molar-refractivity contribution in [2.75, 3.05) is 11.9 Å². The van der Waals surface area contributed by atoms with Crippen LogP contribution in [0.1, 0.15) is 11.4 Å². The number of anilines is 1. The second kappa shape index (κ2) is 7.21. The summed E-state index contributed by atoms with van der Waals surface area (Å²) in [7, 11) is 0. The summed E-state index contributed by atoms with van der Waals surface area (Å²) in [6.07, 6.45) is 4.80. The third-order valence-corrected chi connectivity index (χ3v) is 2.76. The highest BCUT2D eigenvalue weighted by Crippen LogP contribution is 2.06. The molecule has 0 aliphatic carbocycles. The molecule has 0 fully saturated rings. The lowest BCUT2D eigenvalue weighted by Gasteiger charge is -2.10. The number of thiocarbonyl (C=S) groups is 1. The number of hydrogen-bond acceptors (Lipinski definition) is 5. The van der Waals surface area contributed by atoms with E-state index in [1.54, 1.807) is 0 Å². The van der Waals surface area contributed by atoms with Crippen molar-refractivity contribution >= 4 is 23.1 Å². The van der Waals surface area contributed by atoms with Gasteiger partial charge in [-0.15, -0.1) is 0 Å². The summed E-state index contributed by atoms with van der Waals surface area (Å²) in [5.41, 5.74) is 0.516. The van der Waals surface area contributed by atoms with Gasteiger partial charge in [-0.3, -0.25) is 4.98 Å². The van der Waals surface area contributed by atoms with Gasteiger partial charge in [0.25, 0.3) is 0 Å². The van der Waals surface area contributed by atoms with Crippen LogP contribution in [0.2, 0.25) is 0 Å². The van der Waals surface area contributed by atoms with E-state index >= 15 is 0 Å². The van der Waals surface area contributed by atoms with Gasteiger partial charge in [-0.2, -0.15) is 5.26 Å². The molecule has 2 heterocycles. The molecule has 0 aliphatic heterocycles. The van der Waals surface area contributed by atoms with Crippen LogP contribution in [0.25, 0.3) is 0 Å². The van der Waals surface area contributed by atoms with Crippen LogP contribution in [0.3, 0.4) is 0 Å². The predicted molar refractivity (Wildman–Crippen MR) is 78.9 cm³/mol. The minimum absolute atomic E-state index is 0.150. The smallest absolute Gasteiger partial charge is 0.183 e. The highest BCUT2D eigenvalue weighted by Gasteiger charge is 2.06. The SMILES string of the molecule is N#Cc1nccnc1NC(=S)NCCc1ncccc1F. The minimum Gasteiger partial charge on any atom is -0.362 e. The fourth-order valence-corrected chi connectivity index (χ4v) is 1.76. The molecule has 0 atom stereocenters. The molecule has 0 radical (unpaired) electrons. The average molecular weight is 302 g/mol. The number of hydrogen-bond donors (Lipinski definition) is 2. The molecular weight excluding hydrogens is 291 g/mol. The molecule has 21 heavy (non-hydrogen) atoms. The summed E-state index contributed by atoms with van der Waals surface area (Å²) in [5.74, 6) is -0.0691. The van der Waals surface area contributed by atoms with Crippen molar-refractivity contribution in [1.82, 2.24) is 20.3 Å². The van der Waals surface area contributed by atoms with Crippen LogP contribution in [0.4, 0.5) is 10.2 Å². The summed E-state index contributed by atoms with van der Waals surface area (Å²) in [5, 5.41) is 14.8. The fourth-order valence-electron chi connectivity index (χ4n) is 1.56. The summed E-state index contributed by atoms with van der Waals surface area (Å²) >= 11 is 5.08. The van der Waals surface area contributed by atoms with Crippen LogP contribution >= 0.6 is 12.2 Å². The molecule has 8 heteroatoms. The van der Waals surface area contributed by atoms with E-state index < -0.39 is 0 Å². The normalized spacial score (nSPS) is 9.71. The van der Waals surface area contributed by atoms with Crippen LogP contribution in [0, 0.1) is 17.1 Å². The van der Waals surface area contributed by atoms with Crippen LogP contribution < -0.4 is 10.6 Å². The molecule has 0 amide bonds. The van der Waals surface area contributed by atoms with Crippen LogP contribution in [-0.4, -0.2) is 26.6 Å². The maximum absolute atomic E-state index is 13.4. The maximum atomic E-state index is 13.4. The molecule has 106 valence electrons. The molecule has 0 aromatic carbocycles. The molecular formula is C13H11FN6S. The highest BCUT2D eigenvalue weighted by atomic mass is 32.1. The lowest BCUT2D eigenvalue weighted by Crippen LogP contribution is -2.31. The molecule has 2 aromatic heterocycles. The molecule has 0 unspecified atom stereocenters. The summed E-state index contributed by atoms with van der Waals surface area (Å²) in [6, 6.07) is 4.80. The quantitative estimate of drug-likeness (QED) is 0.826. The average Bonchev–Trinajstić information content (AvgIpc) is 2.50. The third-order valence-electron chi connectivity index (χ3n) is 2.52. The first-order valence-electron chi connectivity index (χ1n) is 6.06. The third kappa shape index (κ3) is 4.15. The summed E-state index contributed by atoms with van der Waals surface area (Å²) < 4.78 is 13.4. The molecule has 0 spiro atoms. The molecule has 2 aromatic rings. The molecule has 6 nitrogen and oxygen atoms in total. The first-order valence-corrected chi connectivity index (χ1v) is 6.47. The number of halogens is 1. The fraction of sp³-hybridized carbons (Fsp3) is 0.154. The van der Waals surface area contributed by atoms with Crippen molar-refractivity contribution in [2.24, 2.45) is 0 Å². The number of nitriles is 1. The van der Waals surface area contributed by atoms with Gasteiger partial charge in [0.05, 0.1) is 5.69 Å². The number of pyridine rings is 1. The number of aromatic nitrogens is 3. The summed E-state index contributed by atoms with van der Waals surface area (Å²) in [4.78, 5) is 11.8. The largest absolute Gasteiger partial charge is 0.362 e. The molecule has 2 rings (SSSR count). The summed E-state index contributed by atoms with van der Waals surface area (Å²) in [6.45, 7) is 0.405. The number of nitrogens with zero attached hydrogens (tertiary/aromatic N) is 4. The Kier molecular flexibility index (Phi) is 5.06. The van der Waals surface area contributed by atoms with Gasteiger partial charge in [0.15, 0.2) is 16.6 Å². The molecule has 0 saturated carbocycles. The Morgan fingerprint density at radius 3 is 2.86 bits per heavy atom. The number of rotatable bonds is 4. The Bertz CT molecular complexity index is 684. The van der Waals surface area contributed by atoms with E-state index in [-0.39, 0.29) is 22.4 Å². The van der Waals surface area contributed by atoms with Gasteiger partial charge in [0, 0.05) is 31.6 Å². The van der Waals surface area contributed by atoms with Crippen molar-refractivity contribution in [3.05, 3.63) is 47.9 Å². The minimum atomic E-state index is -0.348. The Morgan fingerprint density at radius 2 is 2.10 bits per heavy atom. The Morgan fingerprint density at radius 1 is 1.29 bits per heavy atom. The highest BCUT2D eigenvalue weighted by molar-refractivity contribution is 7.80. The van der Waals surface area contributed by atoms with Crippen LogP contribution in [-0.2, 0) is 6.42 Å². The van der Waals surface area contributed by atoms with Gasteiger partial charge >= 0.3 is 0 Å². The zero-order valence-electron chi connectivity index (χ0n) is 10.9. The standard InChI is InChI=1S/C13H11FN6S/c14-9-2-1-4-16-10(9)3-5-19-13(21)20-12-11(8-15)17-6-7-18-12/h1-2,4,6-7H,3,5H2,(H2,18,19,20,21). The lowest BCUT2D eigenvalue weighted by molar-refractivity contribution is 0.596. The van der Waals surface area contributed by atoms with Crippen molar-refractivity contribution < 1.29 is 4.39 Å². The molecule has 0 saturated heterocycles. The Balaban J connectivity index is 1.86. The zero-order chi connectivity index (χ0) is 15.1. The van der Waals surface area contributed by atoms with Crippen molar-refractivity contribution in [3.63, 3.8) is 0 Å². The second-order valence-electron chi connectivity index (χ2n) is 3.93. The van der Waals surface area contributed by atoms with Crippen LogP contribution in [0.5, 0.6) is 0 Å². The van der Waals surface area contributed by atoms with E-state index in [1.165, 1.54) is 30.7 Å². The lowest BCUT2D eigenvalue weighted by atomic mass is 10.2. The van der Waals surface area contributed by atoms with Gasteiger partial charge in [-0.05, 0) is 24.4 Å². The van der Waals surface area contributed by atoms with Gasteiger partial charge in [-0.1, -0.05) is 0 Å².